The molecule has 2 rings (SSSR count). The summed E-state index contributed by atoms with van der Waals surface area (Å²) in [7, 11) is 1.86. The molecule has 74 valence electrons. The number of hydrogen-bond donors (Lipinski definition) is 1. The highest BCUT2D eigenvalue weighted by molar-refractivity contribution is 5.82. The van der Waals surface area contributed by atoms with Gasteiger partial charge >= 0.3 is 0 Å². The van der Waals surface area contributed by atoms with Crippen molar-refractivity contribution in [3.63, 3.8) is 0 Å². The summed E-state index contributed by atoms with van der Waals surface area (Å²) in [6, 6.07) is 1.90. The van der Waals surface area contributed by atoms with Crippen LogP contribution in [0.5, 0.6) is 0 Å². The lowest BCUT2D eigenvalue weighted by Crippen LogP contribution is -1.95. The van der Waals surface area contributed by atoms with Crippen LogP contribution >= 0.6 is 0 Å². The molecule has 0 spiro atoms. The van der Waals surface area contributed by atoms with Crippen molar-refractivity contribution in [2.75, 3.05) is 0 Å². The van der Waals surface area contributed by atoms with Crippen LogP contribution < -0.4 is 0 Å². The molecular weight excluding hydrogens is 178 g/mol. The standard InChI is InChI=1S/C10H13N3O/c1-6-4-8(5-14)9-7(2)12-13(3)10(9)11-6/h4,14H,5H2,1-3H3. The van der Waals surface area contributed by atoms with E-state index in [0.717, 1.165) is 28.0 Å². The van der Waals surface area contributed by atoms with Gasteiger partial charge in [-0.15, -0.1) is 0 Å². The average Bonchev–Trinajstić information content (AvgIpc) is 2.41. The maximum atomic E-state index is 9.23. The Morgan fingerprint density at radius 3 is 2.79 bits per heavy atom. The third kappa shape index (κ3) is 1.19. The fourth-order valence-corrected chi connectivity index (χ4v) is 1.80. The van der Waals surface area contributed by atoms with Gasteiger partial charge in [-0.1, -0.05) is 0 Å². The molecule has 4 heteroatoms. The molecule has 1 N–H and O–H groups in total. The van der Waals surface area contributed by atoms with Crippen molar-refractivity contribution in [3.8, 4) is 0 Å². The summed E-state index contributed by atoms with van der Waals surface area (Å²) in [6.45, 7) is 3.88. The second kappa shape index (κ2) is 3.06. The molecule has 0 amide bonds. The lowest BCUT2D eigenvalue weighted by molar-refractivity contribution is 0.283. The number of aliphatic hydroxyl groups is 1. The molecule has 0 unspecified atom stereocenters. The molecule has 0 aliphatic heterocycles. The van der Waals surface area contributed by atoms with Crippen LogP contribution in [-0.4, -0.2) is 19.9 Å². The van der Waals surface area contributed by atoms with E-state index in [9.17, 15) is 5.11 Å². The first-order valence-electron chi connectivity index (χ1n) is 4.54. The van der Waals surface area contributed by atoms with Crippen LogP contribution in [-0.2, 0) is 13.7 Å². The normalized spacial score (nSPS) is 11.1. The molecule has 0 aliphatic rings. The minimum Gasteiger partial charge on any atom is -0.392 e. The molecule has 0 aromatic carbocycles. The number of nitrogens with zero attached hydrogens (tertiary/aromatic N) is 3. The van der Waals surface area contributed by atoms with Gasteiger partial charge in [0.25, 0.3) is 0 Å². The van der Waals surface area contributed by atoms with Gasteiger partial charge in [0.05, 0.1) is 12.3 Å². The fourth-order valence-electron chi connectivity index (χ4n) is 1.80. The SMILES string of the molecule is Cc1cc(CO)c2c(C)nn(C)c2n1. The number of pyridine rings is 1. The number of hydrogen-bond acceptors (Lipinski definition) is 3. The third-order valence-corrected chi connectivity index (χ3v) is 2.35. The molecule has 0 saturated heterocycles. The molecule has 0 fully saturated rings. The van der Waals surface area contributed by atoms with E-state index in [0.29, 0.717) is 0 Å². The topological polar surface area (TPSA) is 50.9 Å². The Balaban J connectivity index is 2.90. The lowest BCUT2D eigenvalue weighted by atomic mass is 10.1. The molecule has 2 heterocycles. The van der Waals surface area contributed by atoms with E-state index in [1.54, 1.807) is 4.68 Å². The van der Waals surface area contributed by atoms with Crippen LogP contribution in [0.4, 0.5) is 0 Å². The molecule has 0 saturated carbocycles. The number of aryl methyl sites for hydroxylation is 3. The lowest BCUT2D eigenvalue weighted by Gasteiger charge is -2.01. The zero-order valence-electron chi connectivity index (χ0n) is 8.57. The molecule has 2 aromatic heterocycles. The van der Waals surface area contributed by atoms with Gasteiger partial charge in [-0.25, -0.2) is 4.98 Å². The Morgan fingerprint density at radius 1 is 1.43 bits per heavy atom. The first-order valence-corrected chi connectivity index (χ1v) is 4.54. The largest absolute Gasteiger partial charge is 0.392 e. The first-order chi connectivity index (χ1) is 6.63. The molecule has 0 bridgehead atoms. The van der Waals surface area contributed by atoms with Crippen LogP contribution in [0.15, 0.2) is 6.07 Å². The van der Waals surface area contributed by atoms with Crippen molar-refractivity contribution in [1.82, 2.24) is 14.8 Å². The highest BCUT2D eigenvalue weighted by Crippen LogP contribution is 2.21. The van der Waals surface area contributed by atoms with Crippen molar-refractivity contribution in [3.05, 3.63) is 23.0 Å². The smallest absolute Gasteiger partial charge is 0.158 e. The van der Waals surface area contributed by atoms with Crippen molar-refractivity contribution in [2.24, 2.45) is 7.05 Å². The van der Waals surface area contributed by atoms with Gasteiger partial charge in [-0.3, -0.25) is 4.68 Å². The van der Waals surface area contributed by atoms with Crippen LogP contribution in [0.1, 0.15) is 17.0 Å². The van der Waals surface area contributed by atoms with E-state index in [4.69, 9.17) is 0 Å². The Bertz CT molecular complexity index is 488. The summed E-state index contributed by atoms with van der Waals surface area (Å²) in [5, 5.41) is 14.5. The number of fused-ring (bicyclic) bond motifs is 1. The second-order valence-electron chi connectivity index (χ2n) is 3.49. The number of aliphatic hydroxyl groups excluding tert-OH is 1. The summed E-state index contributed by atoms with van der Waals surface area (Å²) in [4.78, 5) is 4.39. The molecular formula is C10H13N3O. The Morgan fingerprint density at radius 2 is 2.14 bits per heavy atom. The molecule has 0 aliphatic carbocycles. The van der Waals surface area contributed by atoms with Crippen molar-refractivity contribution in [2.45, 2.75) is 20.5 Å². The summed E-state index contributed by atoms with van der Waals surface area (Å²) < 4.78 is 1.75. The van der Waals surface area contributed by atoms with E-state index in [2.05, 4.69) is 10.1 Å². The molecule has 0 atom stereocenters. The first kappa shape index (κ1) is 9.15. The highest BCUT2D eigenvalue weighted by Gasteiger charge is 2.10. The Hall–Kier alpha value is -1.42. The summed E-state index contributed by atoms with van der Waals surface area (Å²) in [5.74, 6) is 0. The van der Waals surface area contributed by atoms with Gasteiger partial charge in [0, 0.05) is 18.1 Å². The molecule has 4 nitrogen and oxygen atoms in total. The van der Waals surface area contributed by atoms with Crippen molar-refractivity contribution in [1.29, 1.82) is 0 Å². The monoisotopic (exact) mass is 191 g/mol. The minimum atomic E-state index is 0.0341. The fraction of sp³-hybridized carbons (Fsp3) is 0.400. The maximum absolute atomic E-state index is 9.23. The predicted octanol–water partition coefficient (Wildman–Crippen LogP) is 1.08. The van der Waals surface area contributed by atoms with Crippen LogP contribution in [0.2, 0.25) is 0 Å². The van der Waals surface area contributed by atoms with Gasteiger partial charge in [0.15, 0.2) is 5.65 Å². The molecule has 14 heavy (non-hydrogen) atoms. The van der Waals surface area contributed by atoms with E-state index in [1.165, 1.54) is 0 Å². The summed E-state index contributed by atoms with van der Waals surface area (Å²) >= 11 is 0. The third-order valence-electron chi connectivity index (χ3n) is 2.35. The maximum Gasteiger partial charge on any atom is 0.158 e. The highest BCUT2D eigenvalue weighted by atomic mass is 16.3. The quantitative estimate of drug-likeness (QED) is 0.733. The van der Waals surface area contributed by atoms with Crippen LogP contribution in [0.25, 0.3) is 11.0 Å². The van der Waals surface area contributed by atoms with E-state index in [-0.39, 0.29) is 6.61 Å². The van der Waals surface area contributed by atoms with E-state index < -0.39 is 0 Å². The van der Waals surface area contributed by atoms with Gasteiger partial charge in [0.1, 0.15) is 0 Å². The molecule has 0 radical (unpaired) electrons. The molecule has 2 aromatic rings. The van der Waals surface area contributed by atoms with E-state index >= 15 is 0 Å². The summed E-state index contributed by atoms with van der Waals surface area (Å²) in [5.41, 5.74) is 3.56. The van der Waals surface area contributed by atoms with Crippen molar-refractivity contribution < 1.29 is 5.11 Å². The van der Waals surface area contributed by atoms with Gasteiger partial charge in [-0.05, 0) is 25.5 Å². The van der Waals surface area contributed by atoms with Gasteiger partial charge < -0.3 is 5.11 Å². The van der Waals surface area contributed by atoms with Crippen LogP contribution in [0, 0.1) is 13.8 Å². The van der Waals surface area contributed by atoms with Crippen molar-refractivity contribution >= 4 is 11.0 Å². The minimum absolute atomic E-state index is 0.0341. The second-order valence-corrected chi connectivity index (χ2v) is 3.49. The Labute approximate surface area is 82.2 Å². The van der Waals surface area contributed by atoms with Gasteiger partial charge in [-0.2, -0.15) is 5.10 Å². The zero-order valence-corrected chi connectivity index (χ0v) is 8.57. The number of aromatic nitrogens is 3. The zero-order chi connectivity index (χ0) is 10.3. The average molecular weight is 191 g/mol. The predicted molar refractivity (Wildman–Crippen MR) is 53.9 cm³/mol. The summed E-state index contributed by atoms with van der Waals surface area (Å²) in [6.07, 6.45) is 0. The van der Waals surface area contributed by atoms with Crippen LogP contribution in [0.3, 0.4) is 0 Å². The number of rotatable bonds is 1. The van der Waals surface area contributed by atoms with Gasteiger partial charge in [0.2, 0.25) is 0 Å². The Kier molecular flexibility index (Phi) is 2.00. The van der Waals surface area contributed by atoms with E-state index in [1.807, 2.05) is 27.0 Å².